The number of para-hydroxylation sites is 1. The summed E-state index contributed by atoms with van der Waals surface area (Å²) >= 11 is 0. The van der Waals surface area contributed by atoms with Gasteiger partial charge in [0.2, 0.25) is 0 Å². The fourth-order valence-electron chi connectivity index (χ4n) is 2.39. The van der Waals surface area contributed by atoms with E-state index in [2.05, 4.69) is 34.7 Å². The maximum atomic E-state index is 12.4. The Labute approximate surface area is 141 Å². The molecule has 0 aliphatic heterocycles. The van der Waals surface area contributed by atoms with Gasteiger partial charge in [-0.25, -0.2) is 5.10 Å². The molecule has 128 valence electrons. The number of nitrogens with zero attached hydrogens (tertiary/aromatic N) is 1. The summed E-state index contributed by atoms with van der Waals surface area (Å²) in [5.74, 6) is -0.0659. The highest BCUT2D eigenvalue weighted by atomic mass is 16.2. The zero-order valence-electron chi connectivity index (χ0n) is 14.5. The minimum Gasteiger partial charge on any atom is -0.380 e. The molecule has 2 rings (SSSR count). The van der Waals surface area contributed by atoms with Crippen molar-refractivity contribution in [1.82, 2.24) is 15.5 Å². The molecule has 0 spiro atoms. The lowest BCUT2D eigenvalue weighted by molar-refractivity contribution is 0.0947. The molecule has 0 aliphatic rings. The van der Waals surface area contributed by atoms with Crippen molar-refractivity contribution in [3.8, 4) is 0 Å². The SMILES string of the molecule is Cc1n[nH]c(=O)c(C(=O)NC[C@H](Nc2ccccc2)C(C)C)c1C. The predicted molar refractivity (Wildman–Crippen MR) is 95.4 cm³/mol. The summed E-state index contributed by atoms with van der Waals surface area (Å²) in [4.78, 5) is 24.3. The number of amides is 1. The third-order valence-corrected chi connectivity index (χ3v) is 4.11. The molecule has 2 aromatic rings. The van der Waals surface area contributed by atoms with Crippen molar-refractivity contribution < 1.29 is 4.79 Å². The van der Waals surface area contributed by atoms with E-state index in [0.29, 0.717) is 23.7 Å². The fraction of sp³-hybridized carbons (Fsp3) is 0.389. The van der Waals surface area contributed by atoms with Crippen molar-refractivity contribution in [3.63, 3.8) is 0 Å². The summed E-state index contributed by atoms with van der Waals surface area (Å²) in [6.07, 6.45) is 0. The number of nitrogens with one attached hydrogen (secondary N) is 3. The molecular weight excluding hydrogens is 304 g/mol. The largest absolute Gasteiger partial charge is 0.380 e. The van der Waals surface area contributed by atoms with Gasteiger partial charge < -0.3 is 10.6 Å². The van der Waals surface area contributed by atoms with E-state index in [1.165, 1.54) is 0 Å². The summed E-state index contributed by atoms with van der Waals surface area (Å²) in [5, 5.41) is 12.5. The van der Waals surface area contributed by atoms with E-state index in [4.69, 9.17) is 0 Å². The van der Waals surface area contributed by atoms with Gasteiger partial charge in [0.1, 0.15) is 5.56 Å². The van der Waals surface area contributed by atoms with Crippen LogP contribution in [0.25, 0.3) is 0 Å². The Kier molecular flexibility index (Phi) is 5.73. The Hall–Kier alpha value is -2.63. The third-order valence-electron chi connectivity index (χ3n) is 4.11. The number of anilines is 1. The number of aromatic nitrogens is 2. The first kappa shape index (κ1) is 17.7. The van der Waals surface area contributed by atoms with E-state index in [0.717, 1.165) is 5.69 Å². The Morgan fingerprint density at radius 2 is 1.88 bits per heavy atom. The molecule has 0 unspecified atom stereocenters. The van der Waals surface area contributed by atoms with E-state index in [-0.39, 0.29) is 17.5 Å². The van der Waals surface area contributed by atoms with Crippen LogP contribution in [0, 0.1) is 19.8 Å². The van der Waals surface area contributed by atoms with Crippen LogP contribution >= 0.6 is 0 Å². The van der Waals surface area contributed by atoms with Gasteiger partial charge in [0, 0.05) is 18.3 Å². The van der Waals surface area contributed by atoms with Gasteiger partial charge in [-0.05, 0) is 37.5 Å². The number of carbonyl (C=O) groups excluding carboxylic acids is 1. The molecule has 1 atom stereocenters. The molecule has 6 heteroatoms. The molecule has 1 aromatic carbocycles. The first-order valence-electron chi connectivity index (χ1n) is 8.05. The number of rotatable bonds is 6. The highest BCUT2D eigenvalue weighted by Gasteiger charge is 2.19. The van der Waals surface area contributed by atoms with Crippen molar-refractivity contribution in [2.24, 2.45) is 5.92 Å². The highest BCUT2D eigenvalue weighted by Crippen LogP contribution is 2.12. The van der Waals surface area contributed by atoms with Crippen LogP contribution in [0.1, 0.15) is 35.5 Å². The molecule has 0 bridgehead atoms. The first-order chi connectivity index (χ1) is 11.4. The third kappa shape index (κ3) is 4.22. The summed E-state index contributed by atoms with van der Waals surface area (Å²) in [5.41, 5.74) is 1.91. The topological polar surface area (TPSA) is 86.9 Å². The Morgan fingerprint density at radius 3 is 2.50 bits per heavy atom. The van der Waals surface area contributed by atoms with E-state index in [1.807, 2.05) is 30.3 Å². The van der Waals surface area contributed by atoms with Gasteiger partial charge in [0.05, 0.1) is 5.69 Å². The lowest BCUT2D eigenvalue weighted by Gasteiger charge is -2.24. The van der Waals surface area contributed by atoms with Crippen molar-refractivity contribution in [2.45, 2.75) is 33.7 Å². The van der Waals surface area contributed by atoms with Gasteiger partial charge in [-0.3, -0.25) is 9.59 Å². The van der Waals surface area contributed by atoms with Crippen molar-refractivity contribution in [2.75, 3.05) is 11.9 Å². The van der Waals surface area contributed by atoms with Crippen molar-refractivity contribution in [1.29, 1.82) is 0 Å². The van der Waals surface area contributed by atoms with Gasteiger partial charge in [0.25, 0.3) is 11.5 Å². The monoisotopic (exact) mass is 328 g/mol. The zero-order valence-corrected chi connectivity index (χ0v) is 14.5. The maximum Gasteiger partial charge on any atom is 0.277 e. The number of aromatic amines is 1. The number of benzene rings is 1. The quantitative estimate of drug-likeness (QED) is 0.759. The predicted octanol–water partition coefficient (Wildman–Crippen LogP) is 2.25. The van der Waals surface area contributed by atoms with Crippen LogP contribution in [0.4, 0.5) is 5.69 Å². The van der Waals surface area contributed by atoms with Crippen molar-refractivity contribution >= 4 is 11.6 Å². The number of carbonyl (C=O) groups is 1. The molecule has 24 heavy (non-hydrogen) atoms. The standard InChI is InChI=1S/C18H24N4O2/c1-11(2)15(20-14-8-6-5-7-9-14)10-19-17(23)16-12(3)13(4)21-22-18(16)24/h5-9,11,15,20H,10H2,1-4H3,(H,19,23)(H,22,24)/t15-/m0/s1. The molecule has 0 fully saturated rings. The van der Waals surface area contributed by atoms with Gasteiger partial charge in [-0.15, -0.1) is 0 Å². The first-order valence-corrected chi connectivity index (χ1v) is 8.05. The van der Waals surface area contributed by atoms with Crippen LogP contribution in [-0.2, 0) is 0 Å². The molecule has 1 amide bonds. The van der Waals surface area contributed by atoms with Gasteiger partial charge >= 0.3 is 0 Å². The number of hydrogen-bond acceptors (Lipinski definition) is 4. The second kappa shape index (κ2) is 7.77. The van der Waals surface area contributed by atoms with E-state index < -0.39 is 5.56 Å². The summed E-state index contributed by atoms with van der Waals surface area (Å²) in [6.45, 7) is 8.08. The molecule has 0 saturated heterocycles. The molecular formula is C18H24N4O2. The Bertz CT molecular complexity index is 753. The van der Waals surface area contributed by atoms with Gasteiger partial charge in [-0.2, -0.15) is 5.10 Å². The fourth-order valence-corrected chi connectivity index (χ4v) is 2.39. The van der Waals surface area contributed by atoms with Crippen molar-refractivity contribution in [3.05, 3.63) is 57.5 Å². The van der Waals surface area contributed by atoms with Crippen LogP contribution in [-0.4, -0.2) is 28.7 Å². The summed E-state index contributed by atoms with van der Waals surface area (Å²) in [6, 6.07) is 9.90. The Balaban J connectivity index is 2.08. The lowest BCUT2D eigenvalue weighted by Crippen LogP contribution is -2.41. The van der Waals surface area contributed by atoms with Crippen LogP contribution in [0.5, 0.6) is 0 Å². The van der Waals surface area contributed by atoms with Gasteiger partial charge in [0.15, 0.2) is 0 Å². The highest BCUT2D eigenvalue weighted by molar-refractivity contribution is 5.95. The molecule has 1 aromatic heterocycles. The maximum absolute atomic E-state index is 12.4. The summed E-state index contributed by atoms with van der Waals surface area (Å²) in [7, 11) is 0. The summed E-state index contributed by atoms with van der Waals surface area (Å²) < 4.78 is 0. The molecule has 6 nitrogen and oxygen atoms in total. The Morgan fingerprint density at radius 1 is 1.21 bits per heavy atom. The average Bonchev–Trinajstić information content (AvgIpc) is 2.56. The molecule has 1 heterocycles. The molecule has 0 radical (unpaired) electrons. The van der Waals surface area contributed by atoms with E-state index in [1.54, 1.807) is 13.8 Å². The normalized spacial score (nSPS) is 12.0. The van der Waals surface area contributed by atoms with E-state index in [9.17, 15) is 9.59 Å². The minimum atomic E-state index is -0.465. The number of aryl methyl sites for hydroxylation is 1. The van der Waals surface area contributed by atoms with Crippen LogP contribution < -0.4 is 16.2 Å². The molecule has 0 saturated carbocycles. The van der Waals surface area contributed by atoms with Gasteiger partial charge in [-0.1, -0.05) is 32.0 Å². The number of H-pyrrole nitrogens is 1. The smallest absolute Gasteiger partial charge is 0.277 e. The zero-order chi connectivity index (χ0) is 17.7. The second-order valence-corrected chi connectivity index (χ2v) is 6.21. The van der Waals surface area contributed by atoms with Crippen LogP contribution in [0.2, 0.25) is 0 Å². The second-order valence-electron chi connectivity index (χ2n) is 6.21. The molecule has 3 N–H and O–H groups in total. The minimum absolute atomic E-state index is 0.0543. The average molecular weight is 328 g/mol. The van der Waals surface area contributed by atoms with E-state index >= 15 is 0 Å². The molecule has 0 aliphatic carbocycles. The van der Waals surface area contributed by atoms with Crippen LogP contribution in [0.15, 0.2) is 35.1 Å². The number of hydrogen-bond donors (Lipinski definition) is 3. The van der Waals surface area contributed by atoms with Crippen LogP contribution in [0.3, 0.4) is 0 Å². The lowest BCUT2D eigenvalue weighted by atomic mass is 10.0.